The van der Waals surface area contributed by atoms with Crippen LogP contribution < -0.4 is 11.2 Å². The van der Waals surface area contributed by atoms with Gasteiger partial charge in [0.15, 0.2) is 0 Å². The van der Waals surface area contributed by atoms with E-state index in [0.717, 1.165) is 0 Å². The highest BCUT2D eigenvalue weighted by Gasteiger charge is 2.06. The maximum Gasteiger partial charge on any atom is 0.245 e. The van der Waals surface area contributed by atoms with Crippen molar-refractivity contribution in [3.05, 3.63) is 35.6 Å². The first-order valence-electron chi connectivity index (χ1n) is 5.71. The van der Waals surface area contributed by atoms with Crippen molar-refractivity contribution < 1.29 is 23.9 Å². The first-order chi connectivity index (χ1) is 9.09. The Kier molecular flexibility index (Phi) is 6.98. The number of carbonyl (C=O) groups is 1. The molecule has 1 aromatic rings. The molecule has 0 heterocycles. The predicted molar refractivity (Wildman–Crippen MR) is 65.2 cm³/mol. The standard InChI is InChI=1S/C12H17FN2O4/c13-11-4-2-1-3-9(11)6-18-7-10(16)5-15-19-8-12(14)17/h1-4,10,15-16H,5-8H2,(H2,14,17). The molecule has 6 nitrogen and oxygen atoms in total. The number of primary amides is 1. The van der Waals surface area contributed by atoms with Crippen molar-refractivity contribution in [2.75, 3.05) is 19.8 Å². The third kappa shape index (κ3) is 6.82. The van der Waals surface area contributed by atoms with Gasteiger partial charge >= 0.3 is 0 Å². The Morgan fingerprint density at radius 1 is 1.47 bits per heavy atom. The summed E-state index contributed by atoms with van der Waals surface area (Å²) in [7, 11) is 0. The quantitative estimate of drug-likeness (QED) is 0.424. The number of benzene rings is 1. The summed E-state index contributed by atoms with van der Waals surface area (Å²) < 4.78 is 18.4. The lowest BCUT2D eigenvalue weighted by Crippen LogP contribution is -2.33. The Hall–Kier alpha value is -1.54. The summed E-state index contributed by atoms with van der Waals surface area (Å²) in [5, 5.41) is 9.48. The van der Waals surface area contributed by atoms with Crippen LogP contribution in [-0.2, 0) is 21.0 Å². The van der Waals surface area contributed by atoms with Crippen molar-refractivity contribution in [2.24, 2.45) is 5.73 Å². The second kappa shape index (κ2) is 8.54. The molecule has 0 radical (unpaired) electrons. The fourth-order valence-corrected chi connectivity index (χ4v) is 1.26. The minimum Gasteiger partial charge on any atom is -0.389 e. The molecule has 1 rings (SSSR count). The summed E-state index contributed by atoms with van der Waals surface area (Å²) in [5.74, 6) is -0.960. The summed E-state index contributed by atoms with van der Waals surface area (Å²) in [6.45, 7) is -0.111. The Morgan fingerprint density at radius 2 is 2.21 bits per heavy atom. The molecule has 106 valence electrons. The van der Waals surface area contributed by atoms with E-state index in [9.17, 15) is 14.3 Å². The molecule has 0 fully saturated rings. The van der Waals surface area contributed by atoms with Gasteiger partial charge in [-0.25, -0.2) is 4.39 Å². The van der Waals surface area contributed by atoms with Crippen LogP contribution in [0.2, 0.25) is 0 Å². The number of amides is 1. The van der Waals surface area contributed by atoms with Gasteiger partial charge in [-0.05, 0) is 6.07 Å². The first kappa shape index (κ1) is 15.5. The van der Waals surface area contributed by atoms with Crippen LogP contribution in [0, 0.1) is 5.82 Å². The zero-order valence-electron chi connectivity index (χ0n) is 10.3. The monoisotopic (exact) mass is 272 g/mol. The van der Waals surface area contributed by atoms with Gasteiger partial charge in [-0.3, -0.25) is 9.63 Å². The van der Waals surface area contributed by atoms with E-state index in [1.165, 1.54) is 6.07 Å². The fraction of sp³-hybridized carbons (Fsp3) is 0.417. The number of hydrogen-bond acceptors (Lipinski definition) is 5. The molecule has 0 aromatic heterocycles. The van der Waals surface area contributed by atoms with Gasteiger partial charge in [0.2, 0.25) is 5.91 Å². The average Bonchev–Trinajstić information content (AvgIpc) is 2.37. The zero-order chi connectivity index (χ0) is 14.1. The number of aliphatic hydroxyl groups is 1. The smallest absolute Gasteiger partial charge is 0.245 e. The van der Waals surface area contributed by atoms with Crippen molar-refractivity contribution in [3.8, 4) is 0 Å². The zero-order valence-corrected chi connectivity index (χ0v) is 10.3. The van der Waals surface area contributed by atoms with E-state index in [0.29, 0.717) is 5.56 Å². The second-order valence-corrected chi connectivity index (χ2v) is 3.86. The number of hydroxylamine groups is 1. The lowest BCUT2D eigenvalue weighted by atomic mass is 10.2. The maximum absolute atomic E-state index is 13.2. The van der Waals surface area contributed by atoms with Crippen molar-refractivity contribution in [2.45, 2.75) is 12.7 Å². The summed E-state index contributed by atoms with van der Waals surface area (Å²) in [5.41, 5.74) is 7.64. The Bertz CT molecular complexity index is 403. The first-order valence-corrected chi connectivity index (χ1v) is 5.71. The highest BCUT2D eigenvalue weighted by Crippen LogP contribution is 2.07. The van der Waals surface area contributed by atoms with E-state index in [4.69, 9.17) is 10.5 Å². The molecule has 1 atom stereocenters. The lowest BCUT2D eigenvalue weighted by molar-refractivity contribution is -0.126. The highest BCUT2D eigenvalue weighted by atomic mass is 19.1. The topological polar surface area (TPSA) is 93.8 Å². The van der Waals surface area contributed by atoms with E-state index < -0.39 is 12.0 Å². The average molecular weight is 272 g/mol. The van der Waals surface area contributed by atoms with Crippen molar-refractivity contribution >= 4 is 5.91 Å². The molecule has 19 heavy (non-hydrogen) atoms. The summed E-state index contributed by atoms with van der Waals surface area (Å²) in [6.07, 6.45) is -0.834. The number of nitrogens with one attached hydrogen (secondary N) is 1. The van der Waals surface area contributed by atoms with Gasteiger partial charge in [0.05, 0.1) is 19.3 Å². The van der Waals surface area contributed by atoms with Gasteiger partial charge in [0.1, 0.15) is 12.4 Å². The van der Waals surface area contributed by atoms with E-state index in [-0.39, 0.29) is 32.2 Å². The second-order valence-electron chi connectivity index (χ2n) is 3.86. The third-order valence-electron chi connectivity index (χ3n) is 2.16. The largest absolute Gasteiger partial charge is 0.389 e. The number of aliphatic hydroxyl groups excluding tert-OH is 1. The van der Waals surface area contributed by atoms with Crippen LogP contribution in [0.3, 0.4) is 0 Å². The van der Waals surface area contributed by atoms with Crippen LogP contribution in [0.4, 0.5) is 4.39 Å². The molecule has 0 saturated heterocycles. The summed E-state index contributed by atoms with van der Waals surface area (Å²) in [6, 6.07) is 6.25. The molecule has 0 aliphatic rings. The van der Waals surface area contributed by atoms with E-state index in [1.807, 2.05) is 0 Å². The Morgan fingerprint density at radius 3 is 2.89 bits per heavy atom. The highest BCUT2D eigenvalue weighted by molar-refractivity contribution is 5.74. The third-order valence-corrected chi connectivity index (χ3v) is 2.16. The molecule has 0 saturated carbocycles. The molecule has 0 aliphatic heterocycles. The maximum atomic E-state index is 13.2. The number of rotatable bonds is 9. The van der Waals surface area contributed by atoms with E-state index >= 15 is 0 Å². The molecule has 1 unspecified atom stereocenters. The molecule has 0 spiro atoms. The SMILES string of the molecule is NC(=O)CONCC(O)COCc1ccccc1F. The normalized spacial score (nSPS) is 12.3. The number of carbonyl (C=O) groups excluding carboxylic acids is 1. The van der Waals surface area contributed by atoms with Gasteiger partial charge in [0, 0.05) is 12.1 Å². The Balaban J connectivity index is 2.12. The minimum atomic E-state index is -0.834. The summed E-state index contributed by atoms with van der Waals surface area (Å²) in [4.78, 5) is 15.0. The number of ether oxygens (including phenoxy) is 1. The molecule has 0 bridgehead atoms. The van der Waals surface area contributed by atoms with Gasteiger partial charge in [0.25, 0.3) is 0 Å². The molecular weight excluding hydrogens is 255 g/mol. The van der Waals surface area contributed by atoms with E-state index in [2.05, 4.69) is 10.3 Å². The minimum absolute atomic E-state index is 0.0151. The molecule has 7 heteroatoms. The number of halogens is 1. The van der Waals surface area contributed by atoms with Gasteiger partial charge in [-0.2, -0.15) is 5.48 Å². The predicted octanol–water partition coefficient (Wildman–Crippen LogP) is -0.290. The number of nitrogens with two attached hydrogens (primary N) is 1. The van der Waals surface area contributed by atoms with Crippen LogP contribution in [0.25, 0.3) is 0 Å². The molecule has 1 aromatic carbocycles. The molecule has 0 aliphatic carbocycles. The van der Waals surface area contributed by atoms with Crippen molar-refractivity contribution in [3.63, 3.8) is 0 Å². The van der Waals surface area contributed by atoms with Crippen LogP contribution in [0.15, 0.2) is 24.3 Å². The van der Waals surface area contributed by atoms with Crippen LogP contribution in [-0.4, -0.2) is 36.9 Å². The van der Waals surface area contributed by atoms with Gasteiger partial charge in [-0.1, -0.05) is 18.2 Å². The van der Waals surface area contributed by atoms with Crippen LogP contribution in [0.5, 0.6) is 0 Å². The number of hydrogen-bond donors (Lipinski definition) is 3. The van der Waals surface area contributed by atoms with Crippen molar-refractivity contribution in [1.82, 2.24) is 5.48 Å². The fourth-order valence-electron chi connectivity index (χ4n) is 1.26. The van der Waals surface area contributed by atoms with Gasteiger partial charge in [-0.15, -0.1) is 0 Å². The molecular formula is C12H17FN2O4. The molecule has 4 N–H and O–H groups in total. The Labute approximate surface area is 110 Å². The van der Waals surface area contributed by atoms with Gasteiger partial charge < -0.3 is 15.6 Å². The van der Waals surface area contributed by atoms with Crippen molar-refractivity contribution in [1.29, 1.82) is 0 Å². The van der Waals surface area contributed by atoms with E-state index in [1.54, 1.807) is 18.2 Å². The summed E-state index contributed by atoms with van der Waals surface area (Å²) >= 11 is 0. The van der Waals surface area contributed by atoms with Crippen LogP contribution in [0.1, 0.15) is 5.56 Å². The van der Waals surface area contributed by atoms with Crippen LogP contribution >= 0.6 is 0 Å². The molecule has 1 amide bonds. The lowest BCUT2D eigenvalue weighted by Gasteiger charge is -2.12.